The van der Waals surface area contributed by atoms with E-state index in [1.165, 1.54) is 0 Å². The van der Waals surface area contributed by atoms with Crippen molar-refractivity contribution in [2.24, 2.45) is 0 Å². The lowest BCUT2D eigenvalue weighted by Gasteiger charge is -2.11. The van der Waals surface area contributed by atoms with Crippen LogP contribution < -0.4 is 10.5 Å². The maximum atomic E-state index is 11.9. The molecule has 0 atom stereocenters. The fourth-order valence-corrected chi connectivity index (χ4v) is 2.14. The minimum absolute atomic E-state index is 0.310. The predicted molar refractivity (Wildman–Crippen MR) is 90.3 cm³/mol. The number of carbonyl (C=O) groups is 1. The first-order chi connectivity index (χ1) is 10.1. The molecule has 0 amide bonds. The SMILES string of the molecule is CCOC(=O)c1cc(N)ccc1OCc1ccc(I)cc1. The molecule has 110 valence electrons. The number of rotatable bonds is 5. The molecule has 0 aliphatic carbocycles. The Morgan fingerprint density at radius 1 is 1.19 bits per heavy atom. The summed E-state index contributed by atoms with van der Waals surface area (Å²) in [5.41, 5.74) is 7.60. The maximum absolute atomic E-state index is 11.9. The summed E-state index contributed by atoms with van der Waals surface area (Å²) in [6.45, 7) is 2.45. The minimum atomic E-state index is -0.428. The first-order valence-electron chi connectivity index (χ1n) is 6.54. The second kappa shape index (κ2) is 7.31. The highest BCUT2D eigenvalue weighted by Crippen LogP contribution is 2.23. The van der Waals surface area contributed by atoms with Crippen LogP contribution in [0.25, 0.3) is 0 Å². The molecule has 4 nitrogen and oxygen atoms in total. The summed E-state index contributed by atoms with van der Waals surface area (Å²) in [6.07, 6.45) is 0. The average Bonchev–Trinajstić information content (AvgIpc) is 2.48. The Hall–Kier alpha value is -1.76. The molecule has 0 radical (unpaired) electrons. The molecule has 0 aliphatic heterocycles. The second-order valence-electron chi connectivity index (χ2n) is 4.39. The molecule has 21 heavy (non-hydrogen) atoms. The van der Waals surface area contributed by atoms with E-state index >= 15 is 0 Å². The van der Waals surface area contributed by atoms with Crippen molar-refractivity contribution in [3.63, 3.8) is 0 Å². The van der Waals surface area contributed by atoms with E-state index < -0.39 is 5.97 Å². The van der Waals surface area contributed by atoms with E-state index in [2.05, 4.69) is 22.6 Å². The van der Waals surface area contributed by atoms with Gasteiger partial charge in [0, 0.05) is 9.26 Å². The zero-order valence-corrected chi connectivity index (χ0v) is 13.8. The molecule has 0 aliphatic rings. The highest BCUT2D eigenvalue weighted by atomic mass is 127. The van der Waals surface area contributed by atoms with Gasteiger partial charge in [-0.2, -0.15) is 0 Å². The van der Waals surface area contributed by atoms with Crippen molar-refractivity contribution in [3.8, 4) is 5.75 Å². The van der Waals surface area contributed by atoms with E-state index in [1.807, 2.05) is 24.3 Å². The number of ether oxygens (including phenoxy) is 2. The molecular formula is C16H16INO3. The van der Waals surface area contributed by atoms with Crippen LogP contribution in [0.5, 0.6) is 5.75 Å². The number of hydrogen-bond donors (Lipinski definition) is 1. The third-order valence-electron chi connectivity index (χ3n) is 2.81. The highest BCUT2D eigenvalue weighted by Gasteiger charge is 2.14. The Balaban J connectivity index is 2.15. The highest BCUT2D eigenvalue weighted by molar-refractivity contribution is 14.1. The van der Waals surface area contributed by atoms with E-state index in [0.29, 0.717) is 30.2 Å². The number of benzene rings is 2. The Bertz CT molecular complexity index is 626. The van der Waals surface area contributed by atoms with Crippen LogP contribution in [0.2, 0.25) is 0 Å². The normalized spacial score (nSPS) is 10.2. The molecule has 2 aromatic rings. The van der Waals surface area contributed by atoms with E-state index in [1.54, 1.807) is 25.1 Å². The largest absolute Gasteiger partial charge is 0.488 e. The molecule has 0 saturated carbocycles. The third-order valence-corrected chi connectivity index (χ3v) is 3.53. The Kier molecular flexibility index (Phi) is 5.44. The predicted octanol–water partition coefficient (Wildman–Crippen LogP) is 3.63. The van der Waals surface area contributed by atoms with Gasteiger partial charge in [0.2, 0.25) is 0 Å². The monoisotopic (exact) mass is 397 g/mol. The molecule has 2 N–H and O–H groups in total. The minimum Gasteiger partial charge on any atom is -0.488 e. The van der Waals surface area contributed by atoms with Crippen molar-refractivity contribution in [2.75, 3.05) is 12.3 Å². The molecule has 0 spiro atoms. The van der Waals surface area contributed by atoms with Gasteiger partial charge in [-0.05, 0) is 65.4 Å². The van der Waals surface area contributed by atoms with Gasteiger partial charge in [0.1, 0.15) is 17.9 Å². The Morgan fingerprint density at radius 2 is 1.90 bits per heavy atom. The molecule has 2 rings (SSSR count). The van der Waals surface area contributed by atoms with Crippen LogP contribution >= 0.6 is 22.6 Å². The topological polar surface area (TPSA) is 61.5 Å². The van der Waals surface area contributed by atoms with Gasteiger partial charge in [-0.15, -0.1) is 0 Å². The molecule has 0 fully saturated rings. The molecule has 2 aromatic carbocycles. The van der Waals surface area contributed by atoms with Crippen molar-refractivity contribution in [3.05, 3.63) is 57.2 Å². The Labute approximate surface area is 137 Å². The van der Waals surface area contributed by atoms with Crippen molar-refractivity contribution in [2.45, 2.75) is 13.5 Å². The van der Waals surface area contributed by atoms with Gasteiger partial charge in [-0.1, -0.05) is 12.1 Å². The van der Waals surface area contributed by atoms with Gasteiger partial charge in [0.05, 0.1) is 6.61 Å². The van der Waals surface area contributed by atoms with Gasteiger partial charge in [-0.3, -0.25) is 0 Å². The summed E-state index contributed by atoms with van der Waals surface area (Å²) in [4.78, 5) is 11.9. The van der Waals surface area contributed by atoms with Crippen LogP contribution in [0.3, 0.4) is 0 Å². The average molecular weight is 397 g/mol. The number of nitrogen functional groups attached to an aromatic ring is 1. The van der Waals surface area contributed by atoms with Crippen LogP contribution in [0, 0.1) is 3.57 Å². The quantitative estimate of drug-likeness (QED) is 0.476. The fraction of sp³-hybridized carbons (Fsp3) is 0.188. The molecular weight excluding hydrogens is 381 g/mol. The first-order valence-corrected chi connectivity index (χ1v) is 7.62. The molecule has 0 heterocycles. The number of esters is 1. The van der Waals surface area contributed by atoms with Gasteiger partial charge in [0.25, 0.3) is 0 Å². The van der Waals surface area contributed by atoms with Gasteiger partial charge in [-0.25, -0.2) is 4.79 Å². The number of anilines is 1. The smallest absolute Gasteiger partial charge is 0.341 e. The van der Waals surface area contributed by atoms with Gasteiger partial charge in [0.15, 0.2) is 0 Å². The van der Waals surface area contributed by atoms with Crippen LogP contribution in [-0.4, -0.2) is 12.6 Å². The third kappa shape index (κ3) is 4.35. The summed E-state index contributed by atoms with van der Waals surface area (Å²) in [7, 11) is 0. The van der Waals surface area contributed by atoms with Crippen LogP contribution in [-0.2, 0) is 11.3 Å². The van der Waals surface area contributed by atoms with E-state index in [4.69, 9.17) is 15.2 Å². The lowest BCUT2D eigenvalue weighted by Crippen LogP contribution is -2.08. The Morgan fingerprint density at radius 3 is 2.57 bits per heavy atom. The van der Waals surface area contributed by atoms with Crippen molar-refractivity contribution >= 4 is 34.2 Å². The van der Waals surface area contributed by atoms with Gasteiger partial charge >= 0.3 is 5.97 Å². The van der Waals surface area contributed by atoms with Crippen molar-refractivity contribution < 1.29 is 14.3 Å². The van der Waals surface area contributed by atoms with E-state index in [0.717, 1.165) is 9.13 Å². The summed E-state index contributed by atoms with van der Waals surface area (Å²) >= 11 is 2.25. The summed E-state index contributed by atoms with van der Waals surface area (Å²) < 4.78 is 11.9. The van der Waals surface area contributed by atoms with E-state index in [-0.39, 0.29) is 0 Å². The van der Waals surface area contributed by atoms with Crippen LogP contribution in [0.1, 0.15) is 22.8 Å². The zero-order chi connectivity index (χ0) is 15.2. The fourth-order valence-electron chi connectivity index (χ4n) is 1.78. The summed E-state index contributed by atoms with van der Waals surface area (Å²) in [6, 6.07) is 13.0. The lowest BCUT2D eigenvalue weighted by molar-refractivity contribution is 0.0521. The molecule has 0 unspecified atom stereocenters. The second-order valence-corrected chi connectivity index (χ2v) is 5.64. The van der Waals surface area contributed by atoms with E-state index in [9.17, 15) is 4.79 Å². The first kappa shape index (κ1) is 15.6. The van der Waals surface area contributed by atoms with Crippen molar-refractivity contribution in [1.82, 2.24) is 0 Å². The summed E-state index contributed by atoms with van der Waals surface area (Å²) in [5, 5.41) is 0. The zero-order valence-electron chi connectivity index (χ0n) is 11.6. The lowest BCUT2D eigenvalue weighted by atomic mass is 10.1. The van der Waals surface area contributed by atoms with Gasteiger partial charge < -0.3 is 15.2 Å². The molecule has 0 bridgehead atoms. The molecule has 0 aromatic heterocycles. The molecule has 0 saturated heterocycles. The maximum Gasteiger partial charge on any atom is 0.341 e. The van der Waals surface area contributed by atoms with Crippen molar-refractivity contribution in [1.29, 1.82) is 0 Å². The number of halogens is 1. The number of nitrogens with two attached hydrogens (primary N) is 1. The standard InChI is InChI=1S/C16H16INO3/c1-2-20-16(19)14-9-13(18)7-8-15(14)21-10-11-3-5-12(17)6-4-11/h3-9H,2,10,18H2,1H3. The molecule has 5 heteroatoms. The number of carbonyl (C=O) groups excluding carboxylic acids is 1. The summed E-state index contributed by atoms with van der Waals surface area (Å²) in [5.74, 6) is 0.0450. The number of hydrogen-bond acceptors (Lipinski definition) is 4. The van der Waals surface area contributed by atoms with Crippen LogP contribution in [0.15, 0.2) is 42.5 Å². The van der Waals surface area contributed by atoms with Crippen LogP contribution in [0.4, 0.5) is 5.69 Å².